The topological polar surface area (TPSA) is 17.1 Å². The van der Waals surface area contributed by atoms with Gasteiger partial charge in [-0.25, -0.2) is 8.78 Å². The SMILES string of the molecule is O=C(c1ccc(Br)cc1)c1c(F)cccc1F. The molecule has 0 N–H and O–H groups in total. The molecule has 0 aliphatic heterocycles. The number of halogens is 3. The zero-order valence-electron chi connectivity index (χ0n) is 8.58. The van der Waals surface area contributed by atoms with Gasteiger partial charge in [0, 0.05) is 10.0 Å². The standard InChI is InChI=1S/C13H7BrF2O/c14-9-6-4-8(5-7-9)13(17)12-10(15)2-1-3-11(12)16/h1-7H. The minimum absolute atomic E-state index is 0.247. The number of hydrogen-bond acceptors (Lipinski definition) is 1. The minimum Gasteiger partial charge on any atom is -0.288 e. The summed E-state index contributed by atoms with van der Waals surface area (Å²) in [6.45, 7) is 0. The van der Waals surface area contributed by atoms with Crippen LogP contribution in [0.1, 0.15) is 15.9 Å². The Balaban J connectivity index is 2.47. The van der Waals surface area contributed by atoms with Crippen LogP contribution < -0.4 is 0 Å². The molecule has 0 unspecified atom stereocenters. The molecule has 0 amide bonds. The van der Waals surface area contributed by atoms with E-state index < -0.39 is 23.0 Å². The third kappa shape index (κ3) is 2.42. The van der Waals surface area contributed by atoms with E-state index >= 15 is 0 Å². The van der Waals surface area contributed by atoms with Gasteiger partial charge in [0.25, 0.3) is 0 Å². The Morgan fingerprint density at radius 3 is 2.00 bits per heavy atom. The summed E-state index contributed by atoms with van der Waals surface area (Å²) in [6, 6.07) is 9.67. The van der Waals surface area contributed by atoms with Gasteiger partial charge in [-0.2, -0.15) is 0 Å². The first kappa shape index (κ1) is 11.9. The van der Waals surface area contributed by atoms with Crippen molar-refractivity contribution in [2.45, 2.75) is 0 Å². The Kier molecular flexibility index (Phi) is 3.33. The van der Waals surface area contributed by atoms with E-state index in [1.165, 1.54) is 18.2 Å². The molecule has 2 rings (SSSR count). The van der Waals surface area contributed by atoms with Gasteiger partial charge in [0.15, 0.2) is 5.78 Å². The van der Waals surface area contributed by atoms with Gasteiger partial charge in [-0.3, -0.25) is 4.79 Å². The summed E-state index contributed by atoms with van der Waals surface area (Å²) in [5.74, 6) is -2.36. The average molecular weight is 297 g/mol. The Hall–Kier alpha value is -1.55. The summed E-state index contributed by atoms with van der Waals surface area (Å²) in [6.07, 6.45) is 0. The second-order valence-corrected chi connectivity index (χ2v) is 4.35. The lowest BCUT2D eigenvalue weighted by Crippen LogP contribution is -2.07. The summed E-state index contributed by atoms with van der Waals surface area (Å²) >= 11 is 3.22. The smallest absolute Gasteiger partial charge is 0.198 e. The lowest BCUT2D eigenvalue weighted by molar-refractivity contribution is 0.103. The Morgan fingerprint density at radius 2 is 1.47 bits per heavy atom. The molecule has 0 radical (unpaired) electrons. The summed E-state index contributed by atoms with van der Waals surface area (Å²) in [7, 11) is 0. The molecule has 0 aliphatic carbocycles. The highest BCUT2D eigenvalue weighted by Crippen LogP contribution is 2.18. The third-order valence-electron chi connectivity index (χ3n) is 2.30. The monoisotopic (exact) mass is 296 g/mol. The predicted molar refractivity (Wildman–Crippen MR) is 63.9 cm³/mol. The predicted octanol–water partition coefficient (Wildman–Crippen LogP) is 3.96. The van der Waals surface area contributed by atoms with Gasteiger partial charge in [-0.15, -0.1) is 0 Å². The molecule has 0 saturated carbocycles. The highest BCUT2D eigenvalue weighted by atomic mass is 79.9. The van der Waals surface area contributed by atoms with Gasteiger partial charge >= 0.3 is 0 Å². The zero-order chi connectivity index (χ0) is 12.4. The maximum atomic E-state index is 13.4. The molecule has 2 aromatic rings. The second kappa shape index (κ2) is 4.75. The molecule has 0 fully saturated rings. The average Bonchev–Trinajstić information content (AvgIpc) is 2.29. The van der Waals surface area contributed by atoms with Crippen molar-refractivity contribution in [1.29, 1.82) is 0 Å². The van der Waals surface area contributed by atoms with Crippen LogP contribution in [0.2, 0.25) is 0 Å². The molecule has 4 heteroatoms. The van der Waals surface area contributed by atoms with E-state index in [2.05, 4.69) is 15.9 Å². The van der Waals surface area contributed by atoms with Gasteiger partial charge in [0.05, 0.1) is 5.56 Å². The van der Waals surface area contributed by atoms with Gasteiger partial charge < -0.3 is 0 Å². The Morgan fingerprint density at radius 1 is 0.941 bits per heavy atom. The largest absolute Gasteiger partial charge is 0.288 e. The fourth-order valence-corrected chi connectivity index (χ4v) is 1.72. The first-order chi connectivity index (χ1) is 8.09. The molecule has 1 nitrogen and oxygen atoms in total. The molecule has 0 bridgehead atoms. The van der Waals surface area contributed by atoms with E-state index in [1.54, 1.807) is 12.1 Å². The van der Waals surface area contributed by atoms with Crippen molar-refractivity contribution in [2.24, 2.45) is 0 Å². The fraction of sp³-hybridized carbons (Fsp3) is 0. The highest BCUT2D eigenvalue weighted by molar-refractivity contribution is 9.10. The van der Waals surface area contributed by atoms with Crippen LogP contribution in [0.15, 0.2) is 46.9 Å². The summed E-state index contributed by atoms with van der Waals surface area (Å²) in [5, 5.41) is 0. The van der Waals surface area contributed by atoms with E-state index in [0.717, 1.165) is 16.6 Å². The molecule has 0 spiro atoms. The number of carbonyl (C=O) groups is 1. The van der Waals surface area contributed by atoms with E-state index in [4.69, 9.17) is 0 Å². The molecule has 0 saturated heterocycles. The quantitative estimate of drug-likeness (QED) is 0.767. The number of ketones is 1. The molecule has 17 heavy (non-hydrogen) atoms. The maximum absolute atomic E-state index is 13.4. The van der Waals surface area contributed by atoms with Crippen molar-refractivity contribution in [3.63, 3.8) is 0 Å². The highest BCUT2D eigenvalue weighted by Gasteiger charge is 2.18. The van der Waals surface area contributed by atoms with Crippen LogP contribution in [0.5, 0.6) is 0 Å². The fourth-order valence-electron chi connectivity index (χ4n) is 1.46. The van der Waals surface area contributed by atoms with Crippen molar-refractivity contribution in [3.8, 4) is 0 Å². The summed E-state index contributed by atoms with van der Waals surface area (Å²) in [4.78, 5) is 11.9. The number of rotatable bonds is 2. The van der Waals surface area contributed by atoms with E-state index in [9.17, 15) is 13.6 Å². The van der Waals surface area contributed by atoms with Crippen LogP contribution in [0.25, 0.3) is 0 Å². The van der Waals surface area contributed by atoms with Crippen LogP contribution in [-0.2, 0) is 0 Å². The maximum Gasteiger partial charge on any atom is 0.198 e. The minimum atomic E-state index is -0.849. The van der Waals surface area contributed by atoms with Crippen molar-refractivity contribution in [1.82, 2.24) is 0 Å². The van der Waals surface area contributed by atoms with E-state index in [-0.39, 0.29) is 5.56 Å². The van der Waals surface area contributed by atoms with Gasteiger partial charge in [0.2, 0.25) is 0 Å². The molecular weight excluding hydrogens is 290 g/mol. The van der Waals surface area contributed by atoms with Crippen LogP contribution in [0, 0.1) is 11.6 Å². The van der Waals surface area contributed by atoms with Gasteiger partial charge in [-0.1, -0.05) is 22.0 Å². The van der Waals surface area contributed by atoms with Crippen LogP contribution in [0.4, 0.5) is 8.78 Å². The number of benzene rings is 2. The van der Waals surface area contributed by atoms with Crippen molar-refractivity contribution < 1.29 is 13.6 Å². The Bertz CT molecular complexity index is 544. The first-order valence-electron chi connectivity index (χ1n) is 4.84. The van der Waals surface area contributed by atoms with Crippen molar-refractivity contribution in [3.05, 3.63) is 69.7 Å². The van der Waals surface area contributed by atoms with Crippen LogP contribution >= 0.6 is 15.9 Å². The lowest BCUT2D eigenvalue weighted by Gasteiger charge is -2.04. The van der Waals surface area contributed by atoms with Gasteiger partial charge in [-0.05, 0) is 36.4 Å². The van der Waals surface area contributed by atoms with Crippen LogP contribution in [0.3, 0.4) is 0 Å². The van der Waals surface area contributed by atoms with Crippen molar-refractivity contribution >= 4 is 21.7 Å². The zero-order valence-corrected chi connectivity index (χ0v) is 10.2. The molecule has 86 valence electrons. The Labute approximate surface area is 105 Å². The van der Waals surface area contributed by atoms with E-state index in [0.29, 0.717) is 0 Å². The van der Waals surface area contributed by atoms with Crippen LogP contribution in [-0.4, -0.2) is 5.78 Å². The normalized spacial score (nSPS) is 10.3. The second-order valence-electron chi connectivity index (χ2n) is 3.43. The molecule has 0 aliphatic rings. The van der Waals surface area contributed by atoms with Gasteiger partial charge in [0.1, 0.15) is 11.6 Å². The first-order valence-corrected chi connectivity index (χ1v) is 5.63. The van der Waals surface area contributed by atoms with E-state index in [1.807, 2.05) is 0 Å². The summed E-state index contributed by atoms with van der Waals surface area (Å²) < 4.78 is 27.6. The molecule has 0 heterocycles. The number of carbonyl (C=O) groups excluding carboxylic acids is 1. The third-order valence-corrected chi connectivity index (χ3v) is 2.82. The molecule has 0 atom stereocenters. The molecule has 2 aromatic carbocycles. The van der Waals surface area contributed by atoms with Crippen molar-refractivity contribution in [2.75, 3.05) is 0 Å². The lowest BCUT2D eigenvalue weighted by atomic mass is 10.0. The molecular formula is C13H7BrF2O. The molecule has 0 aromatic heterocycles. The number of hydrogen-bond donors (Lipinski definition) is 0. The summed E-state index contributed by atoms with van der Waals surface area (Å²) in [5.41, 5.74) is -0.271.